The minimum absolute atomic E-state index is 0.00694. The molecular formula is C26H23Cl2N5O4. The number of primary amides is 1. The zero-order chi connectivity index (χ0) is 26.4. The highest BCUT2D eigenvalue weighted by molar-refractivity contribution is 6.35. The number of benzene rings is 3. The number of aliphatic hydroxyl groups excluding tert-OH is 1. The third-order valence-corrected chi connectivity index (χ3v) is 6.47. The third kappa shape index (κ3) is 5.65. The van der Waals surface area contributed by atoms with Crippen LogP contribution in [0.15, 0.2) is 76.8 Å². The number of ether oxygens (including phenoxy) is 2. The minimum atomic E-state index is -1.61. The number of aliphatic imine (C=N–C) groups is 1. The summed E-state index contributed by atoms with van der Waals surface area (Å²) in [4.78, 5) is 20.8. The Bertz CT molecular complexity index is 1380. The van der Waals surface area contributed by atoms with Gasteiger partial charge in [-0.3, -0.25) is 4.79 Å². The standard InChI is InChI=1S/C26H23Cl2N5O4/c27-18-8-11-20(21(28)14-18)23-26(25(29)35,15-17-4-1-2-5-22(17)32-33-30)31-24(37-23)16-6-9-19(10-7-16)36-13-3-12-34/h1-2,4-11,14,23,34H,3,12-13,15H2,(H2,29,35)/t23-,26-/m1/s1. The molecule has 1 aliphatic heterocycles. The van der Waals surface area contributed by atoms with Crippen LogP contribution in [0.3, 0.4) is 0 Å². The van der Waals surface area contributed by atoms with Gasteiger partial charge in [-0.15, -0.1) is 0 Å². The topological polar surface area (TPSA) is 143 Å². The first-order valence-electron chi connectivity index (χ1n) is 11.4. The Morgan fingerprint density at radius 2 is 1.95 bits per heavy atom. The molecule has 0 fully saturated rings. The van der Waals surface area contributed by atoms with Gasteiger partial charge < -0.3 is 20.3 Å². The van der Waals surface area contributed by atoms with Crippen molar-refractivity contribution in [3.8, 4) is 5.75 Å². The van der Waals surface area contributed by atoms with Crippen LogP contribution in [0.1, 0.15) is 29.2 Å². The molecule has 0 saturated carbocycles. The third-order valence-electron chi connectivity index (χ3n) is 5.91. The average molecular weight is 540 g/mol. The maximum absolute atomic E-state index is 13.2. The Morgan fingerprint density at radius 1 is 1.19 bits per heavy atom. The summed E-state index contributed by atoms with van der Waals surface area (Å²) < 4.78 is 11.9. The second-order valence-electron chi connectivity index (χ2n) is 8.31. The van der Waals surface area contributed by atoms with Gasteiger partial charge in [0.25, 0.3) is 0 Å². The number of halogens is 2. The molecule has 11 heteroatoms. The van der Waals surface area contributed by atoms with Crippen molar-refractivity contribution in [1.82, 2.24) is 0 Å². The summed E-state index contributed by atoms with van der Waals surface area (Å²) in [5.41, 5.74) is 15.4. The fourth-order valence-corrected chi connectivity index (χ4v) is 4.60. The van der Waals surface area contributed by atoms with E-state index in [9.17, 15) is 4.79 Å². The van der Waals surface area contributed by atoms with Gasteiger partial charge in [-0.2, -0.15) is 0 Å². The van der Waals surface area contributed by atoms with Crippen LogP contribution in [0.2, 0.25) is 10.0 Å². The van der Waals surface area contributed by atoms with Crippen molar-refractivity contribution >= 4 is 40.7 Å². The Kier molecular flexibility index (Phi) is 8.21. The predicted molar refractivity (Wildman–Crippen MR) is 141 cm³/mol. The number of aliphatic hydroxyl groups is 1. The van der Waals surface area contributed by atoms with E-state index in [0.717, 1.165) is 0 Å². The lowest BCUT2D eigenvalue weighted by atomic mass is 9.82. The molecule has 3 aromatic carbocycles. The van der Waals surface area contributed by atoms with Crippen LogP contribution in [0.5, 0.6) is 5.75 Å². The summed E-state index contributed by atoms with van der Waals surface area (Å²) in [7, 11) is 0. The van der Waals surface area contributed by atoms with Gasteiger partial charge >= 0.3 is 0 Å². The van der Waals surface area contributed by atoms with Gasteiger partial charge in [-0.1, -0.05) is 58.6 Å². The molecule has 0 radical (unpaired) electrons. The predicted octanol–water partition coefficient (Wildman–Crippen LogP) is 5.68. The molecule has 3 N–H and O–H groups in total. The van der Waals surface area contributed by atoms with Gasteiger partial charge in [0.1, 0.15) is 5.75 Å². The van der Waals surface area contributed by atoms with Gasteiger partial charge in [-0.25, -0.2) is 4.99 Å². The number of carbonyl (C=O) groups is 1. The molecule has 37 heavy (non-hydrogen) atoms. The van der Waals surface area contributed by atoms with Crippen LogP contribution < -0.4 is 10.5 Å². The van der Waals surface area contributed by atoms with Gasteiger partial charge in [0.05, 0.1) is 6.61 Å². The number of rotatable bonds is 10. The summed E-state index contributed by atoms with van der Waals surface area (Å²) in [5.74, 6) is 0.0637. The summed E-state index contributed by atoms with van der Waals surface area (Å²) in [6.45, 7) is 0.412. The number of azide groups is 1. The molecule has 1 amide bonds. The molecule has 1 aliphatic rings. The Labute approximate surface area is 223 Å². The second-order valence-corrected chi connectivity index (χ2v) is 9.16. The molecular weight excluding hydrogens is 517 g/mol. The number of nitrogens with two attached hydrogens (primary N) is 1. The van der Waals surface area contributed by atoms with Crippen LogP contribution in [-0.4, -0.2) is 35.7 Å². The first-order chi connectivity index (χ1) is 17.9. The van der Waals surface area contributed by atoms with Gasteiger partial charge in [0.15, 0.2) is 11.6 Å². The maximum Gasteiger partial charge on any atom is 0.250 e. The van der Waals surface area contributed by atoms with Crippen LogP contribution in [0.25, 0.3) is 10.4 Å². The Hall–Kier alpha value is -3.75. The summed E-state index contributed by atoms with van der Waals surface area (Å²) in [6.07, 6.45) is -0.476. The van der Waals surface area contributed by atoms with E-state index in [0.29, 0.717) is 46.2 Å². The van der Waals surface area contributed by atoms with Crippen molar-refractivity contribution in [3.63, 3.8) is 0 Å². The molecule has 0 spiro atoms. The van der Waals surface area contributed by atoms with Crippen molar-refractivity contribution in [2.75, 3.05) is 13.2 Å². The molecule has 2 atom stereocenters. The molecule has 0 bridgehead atoms. The largest absolute Gasteiger partial charge is 0.494 e. The highest BCUT2D eigenvalue weighted by Gasteiger charge is 2.53. The first-order valence-corrected chi connectivity index (χ1v) is 12.1. The zero-order valence-corrected chi connectivity index (χ0v) is 21.1. The van der Waals surface area contributed by atoms with E-state index >= 15 is 0 Å². The highest BCUT2D eigenvalue weighted by Crippen LogP contribution is 2.45. The lowest BCUT2D eigenvalue weighted by Crippen LogP contribution is -2.47. The quantitative estimate of drug-likeness (QED) is 0.148. The van der Waals surface area contributed by atoms with E-state index < -0.39 is 17.6 Å². The number of carbonyl (C=O) groups excluding carboxylic acids is 1. The van der Waals surface area contributed by atoms with E-state index in [1.165, 1.54) is 0 Å². The van der Waals surface area contributed by atoms with Gasteiger partial charge in [-0.05, 0) is 47.5 Å². The Balaban J connectivity index is 1.80. The normalized spacial score (nSPS) is 18.5. The number of hydrogen-bond donors (Lipinski definition) is 2. The van der Waals surface area contributed by atoms with Crippen LogP contribution in [-0.2, 0) is 16.0 Å². The second kappa shape index (κ2) is 11.5. The molecule has 9 nitrogen and oxygen atoms in total. The SMILES string of the molecule is [N-]=[N+]=Nc1ccccc1C[C@@]1(C(N)=O)N=C(c2ccc(OCCCO)cc2)O[C@@H]1c1ccc(Cl)cc1Cl. The Morgan fingerprint density at radius 3 is 2.62 bits per heavy atom. The molecule has 0 aliphatic carbocycles. The van der Waals surface area contributed by atoms with Crippen LogP contribution in [0.4, 0.5) is 5.69 Å². The van der Waals surface area contributed by atoms with Crippen LogP contribution >= 0.6 is 23.2 Å². The summed E-state index contributed by atoms with van der Waals surface area (Å²) in [5, 5.41) is 13.4. The molecule has 0 saturated heterocycles. The first kappa shape index (κ1) is 26.3. The molecule has 3 aromatic rings. The van der Waals surface area contributed by atoms with Gasteiger partial charge in [0, 0.05) is 51.2 Å². The van der Waals surface area contributed by atoms with Crippen LogP contribution in [0, 0.1) is 0 Å². The molecule has 0 aromatic heterocycles. The lowest BCUT2D eigenvalue weighted by Gasteiger charge is -2.30. The fraction of sp³-hybridized carbons (Fsp3) is 0.231. The molecule has 0 unspecified atom stereocenters. The minimum Gasteiger partial charge on any atom is -0.494 e. The maximum atomic E-state index is 13.2. The van der Waals surface area contributed by atoms with Crippen molar-refractivity contribution < 1.29 is 19.4 Å². The van der Waals surface area contributed by atoms with E-state index in [4.69, 9.17) is 54.0 Å². The van der Waals surface area contributed by atoms with E-state index in [1.54, 1.807) is 66.7 Å². The van der Waals surface area contributed by atoms with E-state index in [2.05, 4.69) is 10.0 Å². The summed E-state index contributed by atoms with van der Waals surface area (Å²) >= 11 is 12.6. The monoisotopic (exact) mass is 539 g/mol. The zero-order valence-electron chi connectivity index (χ0n) is 19.6. The van der Waals surface area contributed by atoms with E-state index in [1.807, 2.05) is 0 Å². The number of amides is 1. The van der Waals surface area contributed by atoms with Crippen molar-refractivity contribution in [3.05, 3.63) is 104 Å². The van der Waals surface area contributed by atoms with Crippen molar-refractivity contribution in [1.29, 1.82) is 0 Å². The lowest BCUT2D eigenvalue weighted by molar-refractivity contribution is -0.125. The number of hydrogen-bond acceptors (Lipinski definition) is 6. The smallest absolute Gasteiger partial charge is 0.250 e. The molecule has 1 heterocycles. The fourth-order valence-electron chi connectivity index (χ4n) is 4.09. The number of nitrogens with zero attached hydrogens (tertiary/aromatic N) is 4. The van der Waals surface area contributed by atoms with Crippen molar-refractivity contribution in [2.24, 2.45) is 15.8 Å². The highest BCUT2D eigenvalue weighted by atomic mass is 35.5. The summed E-state index contributed by atoms with van der Waals surface area (Å²) in [6, 6.07) is 18.7. The molecule has 4 rings (SSSR count). The van der Waals surface area contributed by atoms with Gasteiger partial charge in [0.2, 0.25) is 11.8 Å². The molecule has 190 valence electrons. The average Bonchev–Trinajstić information content (AvgIpc) is 3.26. The van der Waals surface area contributed by atoms with E-state index in [-0.39, 0.29) is 23.9 Å². The van der Waals surface area contributed by atoms with Crippen molar-refractivity contribution in [2.45, 2.75) is 24.5 Å².